The van der Waals surface area contributed by atoms with Gasteiger partial charge in [0.2, 0.25) is 5.95 Å². The maximum Gasteiger partial charge on any atom is 0.227 e. The standard InChI is InChI=1S/C25H24N6O/c1-2-13-26-24(3-1)28-20-6-4-19(5-7-20)23-12-14-27-25(30-23)29-21-8-10-22(11-9-21)31-15-17-32-18-16-31/h1-14H,15-18H2,(H,26,28)(H,27,29,30). The van der Waals surface area contributed by atoms with Gasteiger partial charge in [0.15, 0.2) is 0 Å². The number of morpholine rings is 1. The minimum absolute atomic E-state index is 0.567. The maximum absolute atomic E-state index is 5.43. The maximum atomic E-state index is 5.43. The van der Waals surface area contributed by atoms with Gasteiger partial charge in [0, 0.05) is 48.1 Å². The van der Waals surface area contributed by atoms with Gasteiger partial charge in [-0.25, -0.2) is 15.0 Å². The lowest BCUT2D eigenvalue weighted by molar-refractivity contribution is 0.122. The van der Waals surface area contributed by atoms with E-state index in [0.29, 0.717) is 5.95 Å². The van der Waals surface area contributed by atoms with Gasteiger partial charge in [-0.2, -0.15) is 0 Å². The van der Waals surface area contributed by atoms with Gasteiger partial charge >= 0.3 is 0 Å². The molecule has 0 aliphatic carbocycles. The predicted molar refractivity (Wildman–Crippen MR) is 128 cm³/mol. The van der Waals surface area contributed by atoms with Crippen molar-refractivity contribution < 1.29 is 4.74 Å². The van der Waals surface area contributed by atoms with Crippen molar-refractivity contribution >= 4 is 28.8 Å². The van der Waals surface area contributed by atoms with E-state index in [9.17, 15) is 0 Å². The second kappa shape index (κ2) is 9.45. The van der Waals surface area contributed by atoms with Crippen LogP contribution in [0.4, 0.5) is 28.8 Å². The fourth-order valence-electron chi connectivity index (χ4n) is 3.59. The number of nitrogens with one attached hydrogen (secondary N) is 2. The number of hydrogen-bond acceptors (Lipinski definition) is 7. The molecule has 2 aromatic heterocycles. The number of nitrogens with zero attached hydrogens (tertiary/aromatic N) is 4. The van der Waals surface area contributed by atoms with Crippen molar-refractivity contribution in [3.8, 4) is 11.3 Å². The number of ether oxygens (including phenoxy) is 1. The Hall–Kier alpha value is -3.97. The number of aromatic nitrogens is 3. The quantitative estimate of drug-likeness (QED) is 0.458. The number of anilines is 5. The zero-order valence-corrected chi connectivity index (χ0v) is 17.6. The molecule has 0 bridgehead atoms. The summed E-state index contributed by atoms with van der Waals surface area (Å²) in [5.41, 5.74) is 5.00. The van der Waals surface area contributed by atoms with E-state index >= 15 is 0 Å². The van der Waals surface area contributed by atoms with Gasteiger partial charge in [0.05, 0.1) is 18.9 Å². The normalized spacial score (nSPS) is 13.6. The van der Waals surface area contributed by atoms with Crippen LogP contribution in [0.25, 0.3) is 11.3 Å². The molecule has 0 atom stereocenters. The largest absolute Gasteiger partial charge is 0.378 e. The van der Waals surface area contributed by atoms with E-state index in [1.54, 1.807) is 12.4 Å². The van der Waals surface area contributed by atoms with Crippen molar-refractivity contribution in [2.24, 2.45) is 0 Å². The molecule has 7 nitrogen and oxygen atoms in total. The van der Waals surface area contributed by atoms with Crippen LogP contribution in [0.1, 0.15) is 0 Å². The van der Waals surface area contributed by atoms with Gasteiger partial charge in [0.1, 0.15) is 5.82 Å². The number of benzene rings is 2. The fraction of sp³-hybridized carbons (Fsp3) is 0.160. The molecule has 0 amide bonds. The molecule has 0 saturated carbocycles. The van der Waals surface area contributed by atoms with Crippen LogP contribution in [0.5, 0.6) is 0 Å². The molecule has 160 valence electrons. The van der Waals surface area contributed by atoms with Crippen LogP contribution in [-0.2, 0) is 4.74 Å². The van der Waals surface area contributed by atoms with Crippen LogP contribution in [0.2, 0.25) is 0 Å². The third kappa shape index (κ3) is 4.84. The molecule has 1 fully saturated rings. The molecule has 2 N–H and O–H groups in total. The van der Waals surface area contributed by atoms with Crippen molar-refractivity contribution in [2.75, 3.05) is 41.8 Å². The Labute approximate surface area is 187 Å². The molecule has 0 spiro atoms. The van der Waals surface area contributed by atoms with Gasteiger partial charge in [-0.1, -0.05) is 18.2 Å². The zero-order chi connectivity index (χ0) is 21.6. The molecule has 1 aliphatic rings. The highest BCUT2D eigenvalue weighted by molar-refractivity contribution is 5.67. The number of rotatable bonds is 6. The van der Waals surface area contributed by atoms with Crippen LogP contribution in [0.15, 0.2) is 85.2 Å². The Bertz CT molecular complexity index is 1140. The summed E-state index contributed by atoms with van der Waals surface area (Å²) in [6, 6.07) is 24.1. The minimum Gasteiger partial charge on any atom is -0.378 e. The highest BCUT2D eigenvalue weighted by Crippen LogP contribution is 2.24. The predicted octanol–water partition coefficient (Wildman–Crippen LogP) is 4.86. The summed E-state index contributed by atoms with van der Waals surface area (Å²) in [7, 11) is 0. The second-order valence-electron chi connectivity index (χ2n) is 7.45. The van der Waals surface area contributed by atoms with Crippen molar-refractivity contribution in [3.63, 3.8) is 0 Å². The van der Waals surface area contributed by atoms with Gasteiger partial charge in [-0.05, 0) is 54.6 Å². The minimum atomic E-state index is 0.567. The Morgan fingerprint density at radius 3 is 2.22 bits per heavy atom. The van der Waals surface area contributed by atoms with E-state index in [2.05, 4.69) is 54.8 Å². The Balaban J connectivity index is 1.26. The lowest BCUT2D eigenvalue weighted by Crippen LogP contribution is -2.36. The van der Waals surface area contributed by atoms with Gasteiger partial charge in [0.25, 0.3) is 0 Å². The van der Waals surface area contributed by atoms with Crippen LogP contribution in [0, 0.1) is 0 Å². The summed E-state index contributed by atoms with van der Waals surface area (Å²) < 4.78 is 5.43. The molecule has 3 heterocycles. The Kier molecular flexibility index (Phi) is 5.89. The molecule has 1 aliphatic heterocycles. The highest BCUT2D eigenvalue weighted by Gasteiger charge is 2.11. The van der Waals surface area contributed by atoms with E-state index in [4.69, 9.17) is 4.74 Å². The second-order valence-corrected chi connectivity index (χ2v) is 7.45. The van der Waals surface area contributed by atoms with E-state index < -0.39 is 0 Å². The third-order valence-corrected chi connectivity index (χ3v) is 5.27. The first-order chi connectivity index (χ1) is 15.8. The zero-order valence-electron chi connectivity index (χ0n) is 17.6. The van der Waals surface area contributed by atoms with Gasteiger partial charge in [-0.3, -0.25) is 0 Å². The summed E-state index contributed by atoms with van der Waals surface area (Å²) in [5, 5.41) is 6.59. The summed E-state index contributed by atoms with van der Waals surface area (Å²) in [5.74, 6) is 1.38. The summed E-state index contributed by atoms with van der Waals surface area (Å²) in [4.78, 5) is 15.7. The fourth-order valence-corrected chi connectivity index (χ4v) is 3.59. The molecule has 1 saturated heterocycles. The van der Waals surface area contributed by atoms with Crippen molar-refractivity contribution in [3.05, 3.63) is 85.2 Å². The van der Waals surface area contributed by atoms with Crippen molar-refractivity contribution in [1.29, 1.82) is 0 Å². The van der Waals surface area contributed by atoms with Gasteiger partial charge in [-0.15, -0.1) is 0 Å². The molecule has 32 heavy (non-hydrogen) atoms. The van der Waals surface area contributed by atoms with Crippen LogP contribution < -0.4 is 15.5 Å². The molecule has 0 unspecified atom stereocenters. The molecular weight excluding hydrogens is 400 g/mol. The van der Waals surface area contributed by atoms with Crippen molar-refractivity contribution in [2.45, 2.75) is 0 Å². The molecule has 0 radical (unpaired) electrons. The monoisotopic (exact) mass is 424 g/mol. The average Bonchev–Trinajstić information content (AvgIpc) is 2.86. The van der Waals surface area contributed by atoms with Gasteiger partial charge < -0.3 is 20.3 Å². The van der Waals surface area contributed by atoms with Crippen molar-refractivity contribution in [1.82, 2.24) is 15.0 Å². The molecule has 5 rings (SSSR count). The Morgan fingerprint density at radius 1 is 0.719 bits per heavy atom. The SMILES string of the molecule is c1ccc(Nc2ccc(-c3ccnc(Nc4ccc(N5CCOCC5)cc4)n3)cc2)nc1. The first-order valence-electron chi connectivity index (χ1n) is 10.6. The van der Waals surface area contributed by atoms with Crippen LogP contribution in [-0.4, -0.2) is 41.3 Å². The first-order valence-corrected chi connectivity index (χ1v) is 10.6. The van der Waals surface area contributed by atoms with Crippen LogP contribution >= 0.6 is 0 Å². The average molecular weight is 425 g/mol. The summed E-state index contributed by atoms with van der Waals surface area (Å²) in [6.45, 7) is 3.41. The first kappa shape index (κ1) is 20.0. The third-order valence-electron chi connectivity index (χ3n) is 5.27. The Morgan fingerprint density at radius 2 is 1.47 bits per heavy atom. The van der Waals surface area contributed by atoms with Crippen LogP contribution in [0.3, 0.4) is 0 Å². The molecular formula is C25H24N6O. The number of hydrogen-bond donors (Lipinski definition) is 2. The molecule has 2 aromatic carbocycles. The van der Waals surface area contributed by atoms with E-state index in [1.165, 1.54) is 5.69 Å². The topological polar surface area (TPSA) is 75.2 Å². The number of pyridine rings is 1. The lowest BCUT2D eigenvalue weighted by Gasteiger charge is -2.28. The van der Waals surface area contributed by atoms with E-state index in [0.717, 1.165) is 54.8 Å². The van der Waals surface area contributed by atoms with E-state index in [-0.39, 0.29) is 0 Å². The lowest BCUT2D eigenvalue weighted by atomic mass is 10.1. The summed E-state index contributed by atoms with van der Waals surface area (Å²) in [6.07, 6.45) is 3.54. The molecule has 4 aromatic rings. The molecule has 7 heteroatoms. The highest BCUT2D eigenvalue weighted by atomic mass is 16.5. The smallest absolute Gasteiger partial charge is 0.227 e. The van der Waals surface area contributed by atoms with E-state index in [1.807, 2.05) is 48.5 Å². The summed E-state index contributed by atoms with van der Waals surface area (Å²) >= 11 is 0.